The minimum atomic E-state index is -4.48. The smallest absolute Gasteiger partial charge is 0.428 e. The summed E-state index contributed by atoms with van der Waals surface area (Å²) in [6, 6.07) is 6.27. The zero-order chi connectivity index (χ0) is 18.4. The van der Waals surface area contributed by atoms with E-state index in [9.17, 15) is 17.6 Å². The highest BCUT2D eigenvalue weighted by Crippen LogP contribution is 2.34. The number of nitrogens with one attached hydrogen (secondary N) is 1. The van der Waals surface area contributed by atoms with E-state index in [1.165, 1.54) is 12.1 Å². The standard InChI is InChI=1S/C18H26F4N2O/c1-3-4-13(2)16(24-11-9-23-10-12-24)14-5-7-15(8-6-14)25-18(21,22)17(19)20/h5-8,13,16-17,23H,3-4,9-12H2,1-2H3/t13?,16-/m1/s1. The van der Waals surface area contributed by atoms with Crippen LogP contribution in [0.4, 0.5) is 17.6 Å². The van der Waals surface area contributed by atoms with Gasteiger partial charge >= 0.3 is 12.5 Å². The number of hydrogen-bond donors (Lipinski definition) is 1. The molecule has 2 rings (SSSR count). The third-order valence-electron chi connectivity index (χ3n) is 4.56. The summed E-state index contributed by atoms with van der Waals surface area (Å²) in [5.41, 5.74) is 0.996. The molecule has 1 heterocycles. The van der Waals surface area contributed by atoms with Crippen LogP contribution in [0.5, 0.6) is 5.75 Å². The van der Waals surface area contributed by atoms with Crippen molar-refractivity contribution in [2.45, 2.75) is 45.3 Å². The largest absolute Gasteiger partial charge is 0.461 e. The maximum atomic E-state index is 13.0. The summed E-state index contributed by atoms with van der Waals surface area (Å²) in [6.07, 6.45) is -6.22. The predicted octanol–water partition coefficient (Wildman–Crippen LogP) is 4.31. The Kier molecular flexibility index (Phi) is 7.07. The molecule has 1 aliphatic rings. The first-order valence-corrected chi connectivity index (χ1v) is 8.75. The van der Waals surface area contributed by atoms with Crippen molar-refractivity contribution < 1.29 is 22.3 Å². The number of ether oxygens (including phenoxy) is 1. The van der Waals surface area contributed by atoms with Crippen LogP contribution < -0.4 is 10.1 Å². The van der Waals surface area contributed by atoms with Crippen molar-refractivity contribution in [2.75, 3.05) is 26.2 Å². The summed E-state index contributed by atoms with van der Waals surface area (Å²) < 4.78 is 54.7. The lowest BCUT2D eigenvalue weighted by Crippen LogP contribution is -2.46. The Bertz CT molecular complexity index is 518. The quantitative estimate of drug-likeness (QED) is 0.698. The molecular formula is C18H26F4N2O. The second-order valence-electron chi connectivity index (χ2n) is 6.53. The van der Waals surface area contributed by atoms with E-state index in [-0.39, 0.29) is 11.8 Å². The average Bonchev–Trinajstić information content (AvgIpc) is 2.57. The van der Waals surface area contributed by atoms with Gasteiger partial charge in [-0.3, -0.25) is 4.90 Å². The molecule has 2 atom stereocenters. The van der Waals surface area contributed by atoms with Crippen LogP contribution in [0.15, 0.2) is 24.3 Å². The molecule has 25 heavy (non-hydrogen) atoms. The van der Waals surface area contributed by atoms with Crippen LogP contribution in [0, 0.1) is 5.92 Å². The summed E-state index contributed by atoms with van der Waals surface area (Å²) in [5.74, 6) is 0.147. The molecule has 142 valence electrons. The molecule has 0 aromatic heterocycles. The Hall–Kier alpha value is -1.34. The Balaban J connectivity index is 2.17. The average molecular weight is 362 g/mol. The van der Waals surface area contributed by atoms with Crippen molar-refractivity contribution >= 4 is 0 Å². The van der Waals surface area contributed by atoms with Crippen LogP contribution in [-0.2, 0) is 0 Å². The summed E-state index contributed by atoms with van der Waals surface area (Å²) in [7, 11) is 0. The first-order valence-electron chi connectivity index (χ1n) is 8.75. The molecule has 0 radical (unpaired) electrons. The van der Waals surface area contributed by atoms with Gasteiger partial charge in [0.2, 0.25) is 0 Å². The van der Waals surface area contributed by atoms with Crippen molar-refractivity contribution in [1.82, 2.24) is 10.2 Å². The van der Waals surface area contributed by atoms with Crippen LogP contribution in [0.3, 0.4) is 0 Å². The fourth-order valence-corrected chi connectivity index (χ4v) is 3.41. The zero-order valence-electron chi connectivity index (χ0n) is 14.7. The van der Waals surface area contributed by atoms with Crippen LogP contribution in [0.2, 0.25) is 0 Å². The summed E-state index contributed by atoms with van der Waals surface area (Å²) in [6.45, 7) is 7.98. The van der Waals surface area contributed by atoms with E-state index in [0.717, 1.165) is 44.6 Å². The summed E-state index contributed by atoms with van der Waals surface area (Å²) in [5, 5.41) is 3.32. The SMILES string of the molecule is CCCC(C)[C@H](c1ccc(OC(F)(F)C(F)F)cc1)N1CCNCC1. The van der Waals surface area contributed by atoms with Gasteiger partial charge in [-0.05, 0) is 30.0 Å². The summed E-state index contributed by atoms with van der Waals surface area (Å²) >= 11 is 0. The van der Waals surface area contributed by atoms with Crippen LogP contribution in [0.25, 0.3) is 0 Å². The Morgan fingerprint density at radius 3 is 2.28 bits per heavy atom. The lowest BCUT2D eigenvalue weighted by molar-refractivity contribution is -0.253. The number of halogens is 4. The molecule has 3 nitrogen and oxygen atoms in total. The van der Waals surface area contributed by atoms with Gasteiger partial charge in [-0.15, -0.1) is 0 Å². The third-order valence-corrected chi connectivity index (χ3v) is 4.56. The predicted molar refractivity (Wildman–Crippen MR) is 89.3 cm³/mol. The molecule has 0 amide bonds. The van der Waals surface area contributed by atoms with Crippen LogP contribution >= 0.6 is 0 Å². The van der Waals surface area contributed by atoms with Crippen molar-refractivity contribution in [1.29, 1.82) is 0 Å². The number of piperazine rings is 1. The van der Waals surface area contributed by atoms with E-state index in [4.69, 9.17) is 0 Å². The molecule has 0 saturated carbocycles. The number of nitrogens with zero attached hydrogens (tertiary/aromatic N) is 1. The minimum Gasteiger partial charge on any atom is -0.428 e. The van der Waals surface area contributed by atoms with Gasteiger partial charge in [-0.2, -0.15) is 17.6 Å². The molecule has 1 N–H and O–H groups in total. The first kappa shape index (κ1) is 20.0. The van der Waals surface area contributed by atoms with E-state index >= 15 is 0 Å². The second-order valence-corrected chi connectivity index (χ2v) is 6.53. The second kappa shape index (κ2) is 8.85. The van der Waals surface area contributed by atoms with E-state index in [2.05, 4.69) is 28.8 Å². The number of benzene rings is 1. The Morgan fingerprint density at radius 2 is 1.76 bits per heavy atom. The number of rotatable bonds is 8. The molecule has 1 saturated heterocycles. The monoisotopic (exact) mass is 362 g/mol. The van der Waals surface area contributed by atoms with Crippen molar-refractivity contribution in [3.63, 3.8) is 0 Å². The van der Waals surface area contributed by atoms with Crippen molar-refractivity contribution in [2.24, 2.45) is 5.92 Å². The molecule has 1 aromatic rings. The zero-order valence-corrected chi connectivity index (χ0v) is 14.7. The summed E-state index contributed by atoms with van der Waals surface area (Å²) in [4.78, 5) is 2.39. The Morgan fingerprint density at radius 1 is 1.16 bits per heavy atom. The fraction of sp³-hybridized carbons (Fsp3) is 0.667. The molecular weight excluding hydrogens is 336 g/mol. The van der Waals surface area contributed by atoms with Crippen LogP contribution in [0.1, 0.15) is 38.3 Å². The van der Waals surface area contributed by atoms with Gasteiger partial charge in [-0.1, -0.05) is 32.4 Å². The molecule has 0 bridgehead atoms. The topological polar surface area (TPSA) is 24.5 Å². The van der Waals surface area contributed by atoms with Gasteiger partial charge in [0, 0.05) is 32.2 Å². The van der Waals surface area contributed by atoms with Gasteiger partial charge in [0.15, 0.2) is 0 Å². The van der Waals surface area contributed by atoms with Gasteiger partial charge in [0.1, 0.15) is 5.75 Å². The maximum Gasteiger partial charge on any atom is 0.461 e. The third kappa shape index (κ3) is 5.31. The highest BCUT2D eigenvalue weighted by molar-refractivity contribution is 5.30. The van der Waals surface area contributed by atoms with Crippen molar-refractivity contribution in [3.8, 4) is 5.75 Å². The van der Waals surface area contributed by atoms with E-state index in [1.807, 2.05) is 0 Å². The molecule has 1 fully saturated rings. The molecule has 1 unspecified atom stereocenters. The van der Waals surface area contributed by atoms with Gasteiger partial charge in [0.25, 0.3) is 0 Å². The number of alkyl halides is 4. The first-order chi connectivity index (χ1) is 11.8. The van der Waals surface area contributed by atoms with Gasteiger partial charge in [-0.25, -0.2) is 0 Å². The highest BCUT2D eigenvalue weighted by Gasteiger charge is 2.44. The lowest BCUT2D eigenvalue weighted by atomic mass is 9.89. The molecule has 1 aromatic carbocycles. The van der Waals surface area contributed by atoms with E-state index < -0.39 is 12.5 Å². The fourth-order valence-electron chi connectivity index (χ4n) is 3.41. The van der Waals surface area contributed by atoms with Gasteiger partial charge < -0.3 is 10.1 Å². The molecule has 0 spiro atoms. The minimum absolute atomic E-state index is 0.173. The molecule has 7 heteroatoms. The molecule has 0 aliphatic carbocycles. The normalized spacial score (nSPS) is 19.0. The van der Waals surface area contributed by atoms with Crippen LogP contribution in [-0.4, -0.2) is 43.6 Å². The van der Waals surface area contributed by atoms with E-state index in [1.54, 1.807) is 12.1 Å². The van der Waals surface area contributed by atoms with Gasteiger partial charge in [0.05, 0.1) is 0 Å². The number of hydrogen-bond acceptors (Lipinski definition) is 3. The highest BCUT2D eigenvalue weighted by atomic mass is 19.3. The lowest BCUT2D eigenvalue weighted by Gasteiger charge is -2.38. The molecule has 1 aliphatic heterocycles. The Labute approximate surface area is 146 Å². The van der Waals surface area contributed by atoms with E-state index in [0.29, 0.717) is 5.92 Å². The maximum absolute atomic E-state index is 13.0. The van der Waals surface area contributed by atoms with Crippen molar-refractivity contribution in [3.05, 3.63) is 29.8 Å².